The van der Waals surface area contributed by atoms with E-state index in [0.29, 0.717) is 0 Å². The number of thioether (sulfide) groups is 1. The minimum Gasteiger partial charge on any atom is -0.325 e. The van der Waals surface area contributed by atoms with Gasteiger partial charge in [0.05, 0.1) is 4.24 Å². The quantitative estimate of drug-likeness (QED) is 0.509. The molecule has 0 saturated heterocycles. The van der Waals surface area contributed by atoms with Crippen molar-refractivity contribution in [3.05, 3.63) is 23.0 Å². The fraction of sp³-hybridized carbons (Fsp3) is 0.500. The van der Waals surface area contributed by atoms with Crippen molar-refractivity contribution in [3.63, 3.8) is 0 Å². The summed E-state index contributed by atoms with van der Waals surface area (Å²) in [5.74, 6) is 0.864. The molecule has 0 heterocycles. The lowest BCUT2D eigenvalue weighted by Gasteiger charge is -1.98. The molecule has 11 heavy (non-hydrogen) atoms. The number of allylic oxidation sites excluding steroid dienone is 1. The van der Waals surface area contributed by atoms with Crippen LogP contribution in [0.15, 0.2) is 23.0 Å². The molecule has 3 heteroatoms. The third-order valence-electron chi connectivity index (χ3n) is 1.03. The average molecular weight is 190 g/mol. The molecule has 0 radical (unpaired) electrons. The fourth-order valence-electron chi connectivity index (χ4n) is 0.526. The molecule has 0 aromatic rings. The van der Waals surface area contributed by atoms with E-state index >= 15 is 0 Å². The van der Waals surface area contributed by atoms with Gasteiger partial charge in [-0.3, -0.25) is 0 Å². The molecule has 0 aromatic carbocycles. The van der Waals surface area contributed by atoms with Crippen LogP contribution in [0.4, 0.5) is 0 Å². The first-order chi connectivity index (χ1) is 5.35. The minimum atomic E-state index is 0.826. The second-order valence-electron chi connectivity index (χ2n) is 2.00. The van der Waals surface area contributed by atoms with Crippen molar-refractivity contribution in [1.29, 1.82) is 0 Å². The predicted octanol–water partition coefficient (Wildman–Crippen LogP) is 3.75. The van der Waals surface area contributed by atoms with Crippen LogP contribution in [-0.4, -0.2) is 10.3 Å². The Hall–Kier alpha value is 0.140. The first kappa shape index (κ1) is 11.1. The molecule has 0 rings (SSSR count). The Labute approximate surface area is 77.2 Å². The highest BCUT2D eigenvalue weighted by atomic mass is 32.2. The van der Waals surface area contributed by atoms with Crippen LogP contribution >= 0.6 is 23.8 Å². The van der Waals surface area contributed by atoms with E-state index in [1.165, 1.54) is 0 Å². The second-order valence-corrected chi connectivity index (χ2v) is 3.95. The van der Waals surface area contributed by atoms with E-state index in [9.17, 15) is 0 Å². The summed E-state index contributed by atoms with van der Waals surface area (Å²) in [7, 11) is 0. The van der Waals surface area contributed by atoms with Gasteiger partial charge in [0, 0.05) is 17.8 Å². The van der Waals surface area contributed by atoms with E-state index in [2.05, 4.69) is 19.6 Å². The maximum Gasteiger partial charge on any atom is 0.0642 e. The van der Waals surface area contributed by atoms with Gasteiger partial charge in [0.15, 0.2) is 0 Å². The summed E-state index contributed by atoms with van der Waals surface area (Å²) in [4.78, 5) is 0. The van der Waals surface area contributed by atoms with Gasteiger partial charge in [-0.1, -0.05) is 25.5 Å². The maximum absolute atomic E-state index is 8.77. The van der Waals surface area contributed by atoms with Crippen molar-refractivity contribution >= 4 is 23.8 Å². The van der Waals surface area contributed by atoms with Gasteiger partial charge >= 0.3 is 0 Å². The molecule has 0 bridgehead atoms. The van der Waals surface area contributed by atoms with Gasteiger partial charge in [-0.25, -0.2) is 0 Å². The standard InChI is InChI=1S/C8H14OS2/c1-3-5-6-8(11-9)10-7-4-2/h4,6,9H,2-3,5,7H2,1H3/b8-6-. The van der Waals surface area contributed by atoms with Crippen LogP contribution in [-0.2, 0) is 0 Å². The van der Waals surface area contributed by atoms with E-state index in [0.717, 1.165) is 34.9 Å². The molecule has 64 valence electrons. The van der Waals surface area contributed by atoms with Crippen molar-refractivity contribution in [2.24, 2.45) is 0 Å². The lowest BCUT2D eigenvalue weighted by Crippen LogP contribution is -1.73. The highest BCUT2D eigenvalue weighted by Crippen LogP contribution is 2.26. The summed E-state index contributed by atoms with van der Waals surface area (Å²) in [6.45, 7) is 5.73. The summed E-state index contributed by atoms with van der Waals surface area (Å²) in [6, 6.07) is 0. The number of hydrogen-bond donors (Lipinski definition) is 1. The largest absolute Gasteiger partial charge is 0.325 e. The Kier molecular flexibility index (Phi) is 8.34. The zero-order valence-corrected chi connectivity index (χ0v) is 8.38. The topological polar surface area (TPSA) is 20.2 Å². The van der Waals surface area contributed by atoms with Crippen LogP contribution in [0.2, 0.25) is 0 Å². The molecular formula is C8H14OS2. The van der Waals surface area contributed by atoms with Crippen molar-refractivity contribution < 1.29 is 4.55 Å². The summed E-state index contributed by atoms with van der Waals surface area (Å²) >= 11 is 2.44. The third-order valence-corrected chi connectivity index (χ3v) is 2.81. The van der Waals surface area contributed by atoms with Gasteiger partial charge in [0.2, 0.25) is 0 Å². The van der Waals surface area contributed by atoms with Gasteiger partial charge in [-0.15, -0.1) is 18.3 Å². The number of unbranched alkanes of at least 4 members (excludes halogenated alkanes) is 1. The highest BCUT2D eigenvalue weighted by molar-refractivity contribution is 8.20. The Morgan fingerprint density at radius 1 is 1.64 bits per heavy atom. The molecule has 0 aliphatic rings. The summed E-state index contributed by atoms with van der Waals surface area (Å²) < 4.78 is 9.75. The van der Waals surface area contributed by atoms with Crippen molar-refractivity contribution in [3.8, 4) is 0 Å². The van der Waals surface area contributed by atoms with E-state index in [-0.39, 0.29) is 0 Å². The number of rotatable bonds is 6. The van der Waals surface area contributed by atoms with E-state index in [1.54, 1.807) is 11.8 Å². The van der Waals surface area contributed by atoms with Gasteiger partial charge in [0.25, 0.3) is 0 Å². The third kappa shape index (κ3) is 6.53. The molecule has 1 N–H and O–H groups in total. The Morgan fingerprint density at radius 3 is 2.82 bits per heavy atom. The molecule has 0 atom stereocenters. The maximum atomic E-state index is 8.77. The first-order valence-electron chi connectivity index (χ1n) is 3.60. The van der Waals surface area contributed by atoms with Gasteiger partial charge in [-0.2, -0.15) is 0 Å². The van der Waals surface area contributed by atoms with Crippen LogP contribution in [0, 0.1) is 0 Å². The van der Waals surface area contributed by atoms with Crippen molar-refractivity contribution in [1.82, 2.24) is 0 Å². The summed E-state index contributed by atoms with van der Waals surface area (Å²) in [6.07, 6.45) is 6.05. The van der Waals surface area contributed by atoms with Gasteiger partial charge in [0.1, 0.15) is 0 Å². The first-order valence-corrected chi connectivity index (χ1v) is 5.36. The normalized spacial score (nSPS) is 11.6. The Balaban J connectivity index is 3.63. The molecule has 0 spiro atoms. The molecular weight excluding hydrogens is 176 g/mol. The second kappa shape index (κ2) is 8.24. The molecule has 0 amide bonds. The predicted molar refractivity (Wildman–Crippen MR) is 55.9 cm³/mol. The van der Waals surface area contributed by atoms with Crippen LogP contribution in [0.5, 0.6) is 0 Å². The lowest BCUT2D eigenvalue weighted by atomic mass is 10.3. The smallest absolute Gasteiger partial charge is 0.0642 e. The van der Waals surface area contributed by atoms with E-state index in [4.69, 9.17) is 4.55 Å². The molecule has 0 saturated carbocycles. The zero-order chi connectivity index (χ0) is 8.53. The Morgan fingerprint density at radius 2 is 2.36 bits per heavy atom. The molecule has 0 unspecified atom stereocenters. The van der Waals surface area contributed by atoms with Crippen LogP contribution in [0.3, 0.4) is 0 Å². The molecule has 1 nitrogen and oxygen atoms in total. The van der Waals surface area contributed by atoms with Crippen LogP contribution in [0.25, 0.3) is 0 Å². The fourth-order valence-corrected chi connectivity index (χ4v) is 1.65. The minimum absolute atomic E-state index is 0.826. The monoisotopic (exact) mass is 190 g/mol. The summed E-state index contributed by atoms with van der Waals surface area (Å²) in [5.41, 5.74) is 0. The Bertz CT molecular complexity index is 132. The molecule has 0 fully saturated rings. The van der Waals surface area contributed by atoms with E-state index < -0.39 is 0 Å². The lowest BCUT2D eigenvalue weighted by molar-refractivity contribution is 0.670. The number of hydrogen-bond acceptors (Lipinski definition) is 3. The van der Waals surface area contributed by atoms with Crippen molar-refractivity contribution in [2.75, 3.05) is 5.75 Å². The van der Waals surface area contributed by atoms with Crippen LogP contribution < -0.4 is 0 Å². The molecule has 0 aromatic heterocycles. The van der Waals surface area contributed by atoms with Crippen LogP contribution in [0.1, 0.15) is 19.8 Å². The molecule has 0 aliphatic carbocycles. The summed E-state index contributed by atoms with van der Waals surface area (Å²) in [5, 5.41) is 0. The molecule has 0 aliphatic heterocycles. The SMILES string of the molecule is C=CCS/C(=C/CCC)SO. The average Bonchev–Trinajstić information content (AvgIpc) is 2.05. The highest BCUT2D eigenvalue weighted by Gasteiger charge is 1.94. The van der Waals surface area contributed by atoms with Crippen molar-refractivity contribution in [2.45, 2.75) is 19.8 Å². The van der Waals surface area contributed by atoms with E-state index in [1.807, 2.05) is 6.08 Å². The van der Waals surface area contributed by atoms with Gasteiger partial charge < -0.3 is 4.55 Å². The zero-order valence-electron chi connectivity index (χ0n) is 6.75. The van der Waals surface area contributed by atoms with Gasteiger partial charge in [-0.05, 0) is 6.42 Å².